The summed E-state index contributed by atoms with van der Waals surface area (Å²) in [6.45, 7) is 6.65. The van der Waals surface area contributed by atoms with Crippen LogP contribution in [0.3, 0.4) is 0 Å². The summed E-state index contributed by atoms with van der Waals surface area (Å²) in [5.74, 6) is -0.631. The van der Waals surface area contributed by atoms with Crippen molar-refractivity contribution >= 4 is 28.6 Å². The predicted octanol–water partition coefficient (Wildman–Crippen LogP) is 4.09. The van der Waals surface area contributed by atoms with Crippen molar-refractivity contribution in [3.8, 4) is 0 Å². The van der Waals surface area contributed by atoms with Crippen LogP contribution in [0.15, 0.2) is 48.5 Å². The molecule has 0 aliphatic carbocycles. The second-order valence-corrected chi connectivity index (χ2v) is 10.0. The third kappa shape index (κ3) is 3.96. The van der Waals surface area contributed by atoms with E-state index < -0.39 is 12.1 Å². The van der Waals surface area contributed by atoms with Crippen LogP contribution in [0.2, 0.25) is 0 Å². The van der Waals surface area contributed by atoms with Gasteiger partial charge in [-0.05, 0) is 35.6 Å². The van der Waals surface area contributed by atoms with Gasteiger partial charge < -0.3 is 20.5 Å². The number of amides is 3. The molecule has 4 atom stereocenters. The summed E-state index contributed by atoms with van der Waals surface area (Å²) in [5, 5.41) is 7.08. The Bertz CT molecular complexity index is 1310. The monoisotopic (exact) mass is 486 g/mol. The van der Waals surface area contributed by atoms with Crippen LogP contribution in [0, 0.1) is 5.92 Å². The number of unbranched alkanes of at least 4 members (excludes halogenated alkanes) is 1. The van der Waals surface area contributed by atoms with Crippen LogP contribution in [-0.2, 0) is 16.0 Å². The molecule has 3 heterocycles. The second kappa shape index (κ2) is 9.80. The Hall–Kier alpha value is -3.61. The van der Waals surface area contributed by atoms with Gasteiger partial charge in [0.25, 0.3) is 5.91 Å². The number of fused-ring (bicyclic) bond motifs is 7. The molecule has 0 fully saturated rings. The summed E-state index contributed by atoms with van der Waals surface area (Å²) in [7, 11) is 0. The Labute approximate surface area is 211 Å². The van der Waals surface area contributed by atoms with E-state index >= 15 is 0 Å². The number of nitrogens with one attached hydrogen (secondary N) is 3. The molecule has 3 amide bonds. The summed E-state index contributed by atoms with van der Waals surface area (Å²) < 4.78 is 0. The molecule has 0 radical (unpaired) electrons. The van der Waals surface area contributed by atoms with Crippen molar-refractivity contribution in [1.82, 2.24) is 20.5 Å². The van der Waals surface area contributed by atoms with Crippen molar-refractivity contribution in [3.05, 3.63) is 70.9 Å². The van der Waals surface area contributed by atoms with Gasteiger partial charge in [-0.3, -0.25) is 14.4 Å². The number of para-hydroxylation sites is 1. The second-order valence-electron chi connectivity index (χ2n) is 10.0. The standard InChI is InChI=1S/C29H34N4O3/c1-4-6-15-30-28(35)24(17(3)5-2)32-27(34)23-16-21-18-11-9-10-14-22(18)31-25(21)26-19-12-7-8-13-20(19)29(36)33(23)26/h7-14,17,23-24,26,31H,4-6,15-16H2,1-3H3,(H,30,35)(H,32,34)/t17?,23-,24-,26?/m0/s1. The maximum Gasteiger partial charge on any atom is 0.255 e. The van der Waals surface area contributed by atoms with Gasteiger partial charge in [-0.25, -0.2) is 0 Å². The first-order valence-corrected chi connectivity index (χ1v) is 13.0. The third-order valence-corrected chi connectivity index (χ3v) is 7.78. The minimum Gasteiger partial charge on any atom is -0.356 e. The zero-order valence-electron chi connectivity index (χ0n) is 21.1. The zero-order valence-corrected chi connectivity index (χ0v) is 21.1. The molecule has 3 aromatic rings. The molecule has 2 aliphatic rings. The van der Waals surface area contributed by atoms with Crippen LogP contribution in [0.25, 0.3) is 10.9 Å². The smallest absolute Gasteiger partial charge is 0.255 e. The molecular weight excluding hydrogens is 452 g/mol. The SMILES string of the molecule is CCCCNC(=O)[C@@H](NC(=O)[C@@H]1Cc2c([nH]c3ccccc23)C2c3ccccc3C(=O)N21)C(C)CC. The number of aromatic amines is 1. The Morgan fingerprint density at radius 2 is 1.86 bits per heavy atom. The highest BCUT2D eigenvalue weighted by Crippen LogP contribution is 2.46. The summed E-state index contributed by atoms with van der Waals surface area (Å²) in [4.78, 5) is 45.8. The first-order chi connectivity index (χ1) is 17.5. The maximum absolute atomic E-state index is 13.9. The molecule has 0 saturated heterocycles. The van der Waals surface area contributed by atoms with Gasteiger partial charge >= 0.3 is 0 Å². The number of aromatic nitrogens is 1. The van der Waals surface area contributed by atoms with Crippen LogP contribution in [-0.4, -0.2) is 46.2 Å². The minimum atomic E-state index is -0.711. The van der Waals surface area contributed by atoms with Crippen LogP contribution >= 0.6 is 0 Å². The molecule has 0 spiro atoms. The lowest BCUT2D eigenvalue weighted by molar-refractivity contribution is -0.133. The van der Waals surface area contributed by atoms with Crippen molar-refractivity contribution in [2.75, 3.05) is 6.54 Å². The van der Waals surface area contributed by atoms with E-state index in [4.69, 9.17) is 0 Å². The molecule has 188 valence electrons. The quantitative estimate of drug-likeness (QED) is 0.419. The van der Waals surface area contributed by atoms with E-state index in [1.807, 2.05) is 56.3 Å². The largest absolute Gasteiger partial charge is 0.356 e. The van der Waals surface area contributed by atoms with Crippen LogP contribution in [0.5, 0.6) is 0 Å². The number of nitrogens with zero attached hydrogens (tertiary/aromatic N) is 1. The Morgan fingerprint density at radius 1 is 1.11 bits per heavy atom. The molecule has 7 nitrogen and oxygen atoms in total. The molecule has 36 heavy (non-hydrogen) atoms. The molecule has 3 N–H and O–H groups in total. The molecule has 0 bridgehead atoms. The van der Waals surface area contributed by atoms with Gasteiger partial charge in [0.05, 0.1) is 6.04 Å². The third-order valence-electron chi connectivity index (χ3n) is 7.78. The molecule has 1 aromatic heterocycles. The molecular formula is C29H34N4O3. The molecule has 2 aliphatic heterocycles. The fraction of sp³-hybridized carbons (Fsp3) is 0.414. The number of rotatable bonds is 8. The highest BCUT2D eigenvalue weighted by Gasteiger charge is 2.49. The lowest BCUT2D eigenvalue weighted by Crippen LogP contribution is -2.58. The molecule has 2 aromatic carbocycles. The molecule has 2 unspecified atom stereocenters. The maximum atomic E-state index is 13.9. The number of H-pyrrole nitrogens is 1. The summed E-state index contributed by atoms with van der Waals surface area (Å²) >= 11 is 0. The molecule has 0 saturated carbocycles. The summed E-state index contributed by atoms with van der Waals surface area (Å²) in [6.07, 6.45) is 3.02. The van der Waals surface area contributed by atoms with Crippen molar-refractivity contribution in [2.24, 2.45) is 5.92 Å². The number of carbonyl (C=O) groups excluding carboxylic acids is 3. The topological polar surface area (TPSA) is 94.3 Å². The predicted molar refractivity (Wildman–Crippen MR) is 140 cm³/mol. The number of hydrogen-bond acceptors (Lipinski definition) is 3. The summed E-state index contributed by atoms with van der Waals surface area (Å²) in [5.41, 5.74) is 4.55. The average Bonchev–Trinajstić information content (AvgIpc) is 3.42. The minimum absolute atomic E-state index is 0.0370. The average molecular weight is 487 g/mol. The van der Waals surface area contributed by atoms with E-state index in [9.17, 15) is 14.4 Å². The number of benzene rings is 2. The van der Waals surface area contributed by atoms with E-state index in [1.54, 1.807) is 4.90 Å². The van der Waals surface area contributed by atoms with E-state index in [-0.39, 0.29) is 29.7 Å². The molecule has 5 rings (SSSR count). The number of hydrogen-bond donors (Lipinski definition) is 3. The van der Waals surface area contributed by atoms with Crippen molar-refractivity contribution in [1.29, 1.82) is 0 Å². The van der Waals surface area contributed by atoms with Gasteiger partial charge in [0, 0.05) is 35.1 Å². The fourth-order valence-electron chi connectivity index (χ4n) is 5.59. The van der Waals surface area contributed by atoms with Gasteiger partial charge in [-0.2, -0.15) is 0 Å². The Kier molecular flexibility index (Phi) is 6.56. The Balaban J connectivity index is 1.52. The van der Waals surface area contributed by atoms with Gasteiger partial charge in [-0.1, -0.05) is 70.0 Å². The Morgan fingerprint density at radius 3 is 2.64 bits per heavy atom. The van der Waals surface area contributed by atoms with E-state index in [0.717, 1.165) is 47.0 Å². The first kappa shape index (κ1) is 24.1. The lowest BCUT2D eigenvalue weighted by atomic mass is 9.89. The lowest BCUT2D eigenvalue weighted by Gasteiger charge is -2.38. The van der Waals surface area contributed by atoms with Gasteiger partial charge in [-0.15, -0.1) is 0 Å². The van der Waals surface area contributed by atoms with E-state index in [0.29, 0.717) is 18.5 Å². The highest BCUT2D eigenvalue weighted by atomic mass is 16.2. The van der Waals surface area contributed by atoms with Crippen LogP contribution < -0.4 is 10.6 Å². The zero-order chi connectivity index (χ0) is 25.4. The van der Waals surface area contributed by atoms with Crippen molar-refractivity contribution in [2.45, 2.75) is 64.6 Å². The first-order valence-electron chi connectivity index (χ1n) is 13.0. The fourth-order valence-corrected chi connectivity index (χ4v) is 5.59. The molecule has 7 heteroatoms. The van der Waals surface area contributed by atoms with Gasteiger partial charge in [0.15, 0.2) is 0 Å². The van der Waals surface area contributed by atoms with Crippen LogP contribution in [0.1, 0.15) is 73.3 Å². The van der Waals surface area contributed by atoms with Gasteiger partial charge in [0.1, 0.15) is 12.1 Å². The van der Waals surface area contributed by atoms with Gasteiger partial charge in [0.2, 0.25) is 11.8 Å². The number of carbonyl (C=O) groups is 3. The van der Waals surface area contributed by atoms with E-state index in [2.05, 4.69) is 28.6 Å². The van der Waals surface area contributed by atoms with E-state index in [1.165, 1.54) is 0 Å². The van der Waals surface area contributed by atoms with Crippen molar-refractivity contribution in [3.63, 3.8) is 0 Å². The summed E-state index contributed by atoms with van der Waals surface area (Å²) in [6, 6.07) is 13.9. The van der Waals surface area contributed by atoms with Crippen LogP contribution in [0.4, 0.5) is 0 Å². The highest BCUT2D eigenvalue weighted by molar-refractivity contribution is 6.04. The normalized spacial score (nSPS) is 19.9. The van der Waals surface area contributed by atoms with Crippen molar-refractivity contribution < 1.29 is 14.4 Å².